The maximum atomic E-state index is 11.0. The number of thioether (sulfide) groups is 1. The highest BCUT2D eigenvalue weighted by Gasteiger charge is 2.31. The Morgan fingerprint density at radius 2 is 1.88 bits per heavy atom. The van der Waals surface area contributed by atoms with E-state index >= 15 is 0 Å². The van der Waals surface area contributed by atoms with Crippen molar-refractivity contribution in [2.24, 2.45) is 5.73 Å². The van der Waals surface area contributed by atoms with Crippen molar-refractivity contribution < 1.29 is 18.0 Å². The Hall–Kier alpha value is -0.390. The summed E-state index contributed by atoms with van der Waals surface area (Å²) in [7, 11) is 0. The van der Waals surface area contributed by atoms with Crippen LogP contribution in [-0.2, 0) is 0 Å². The summed E-state index contributed by atoms with van der Waals surface area (Å²) in [5.41, 5.74) is -0.353. The molecule has 0 radical (unpaired) electrons. The van der Waals surface area contributed by atoms with Crippen molar-refractivity contribution in [2.45, 2.75) is 5.51 Å². The van der Waals surface area contributed by atoms with Crippen LogP contribution in [0.5, 0.6) is 0 Å². The van der Waals surface area contributed by atoms with Gasteiger partial charge in [-0.1, -0.05) is 0 Å². The smallest absolute Gasteiger partial charge is 0.360 e. The molecule has 0 aliphatic carbocycles. The lowest BCUT2D eigenvalue weighted by Gasteiger charge is -1.98. The second-order valence-corrected chi connectivity index (χ2v) is 1.94. The largest absolute Gasteiger partial charge is 0.450 e. The third-order valence-electron chi connectivity index (χ3n) is 0.216. The second kappa shape index (κ2) is 2.25. The summed E-state index contributed by atoms with van der Waals surface area (Å²) in [6.45, 7) is 0. The number of amides is 1. The Morgan fingerprint density at radius 1 is 1.50 bits per heavy atom. The minimum atomic E-state index is -4.54. The van der Waals surface area contributed by atoms with Gasteiger partial charge >= 0.3 is 5.51 Å². The summed E-state index contributed by atoms with van der Waals surface area (Å²) in [5.74, 6) is 0. The predicted octanol–water partition coefficient (Wildman–Crippen LogP) is 1.32. The Balaban J connectivity index is 3.55. The van der Waals surface area contributed by atoms with E-state index in [1.54, 1.807) is 0 Å². The van der Waals surface area contributed by atoms with Crippen LogP contribution in [0.4, 0.5) is 18.0 Å². The van der Waals surface area contributed by atoms with E-state index in [9.17, 15) is 18.0 Å². The van der Waals surface area contributed by atoms with Gasteiger partial charge in [-0.05, 0) is 0 Å². The number of nitrogens with two attached hydrogens (primary N) is 1. The number of alkyl halides is 3. The van der Waals surface area contributed by atoms with E-state index in [2.05, 4.69) is 5.73 Å². The zero-order valence-electron chi connectivity index (χ0n) is 3.53. The molecular weight excluding hydrogens is 143 g/mol. The first-order valence-electron chi connectivity index (χ1n) is 1.47. The number of carbonyl (C=O) groups is 1. The first-order chi connectivity index (χ1) is 3.42. The average molecular weight is 145 g/mol. The van der Waals surface area contributed by atoms with Crippen LogP contribution in [-0.4, -0.2) is 10.7 Å². The van der Waals surface area contributed by atoms with E-state index in [4.69, 9.17) is 0 Å². The van der Waals surface area contributed by atoms with Crippen molar-refractivity contribution >= 4 is 17.0 Å². The average Bonchev–Trinajstić information content (AvgIpc) is 1.21. The molecule has 8 heavy (non-hydrogen) atoms. The lowest BCUT2D eigenvalue weighted by Crippen LogP contribution is -2.11. The Bertz CT molecular complexity index is 99.9. The van der Waals surface area contributed by atoms with Gasteiger partial charge in [-0.3, -0.25) is 4.79 Å². The Morgan fingerprint density at radius 3 is 1.88 bits per heavy atom. The predicted molar refractivity (Wildman–Crippen MR) is 23.2 cm³/mol. The van der Waals surface area contributed by atoms with Crippen molar-refractivity contribution in [3.05, 3.63) is 0 Å². The monoisotopic (exact) mass is 145 g/mol. The first-order valence-corrected chi connectivity index (χ1v) is 2.28. The number of rotatable bonds is 0. The van der Waals surface area contributed by atoms with Crippen LogP contribution in [0, 0.1) is 0 Å². The highest BCUT2D eigenvalue weighted by atomic mass is 32.2. The summed E-state index contributed by atoms with van der Waals surface area (Å²) in [6.07, 6.45) is 0. The molecule has 0 aromatic heterocycles. The SMILES string of the molecule is NC(=O)SC(F)(F)F. The fraction of sp³-hybridized carbons (Fsp3) is 0.500. The molecular formula is C2H2F3NOS. The van der Waals surface area contributed by atoms with Gasteiger partial charge in [-0.2, -0.15) is 13.2 Å². The zero-order chi connectivity index (χ0) is 6.78. The van der Waals surface area contributed by atoms with Gasteiger partial charge < -0.3 is 5.73 Å². The molecule has 0 saturated carbocycles. The minimum absolute atomic E-state index is 0.850. The van der Waals surface area contributed by atoms with Crippen molar-refractivity contribution in [2.75, 3.05) is 0 Å². The van der Waals surface area contributed by atoms with Crippen molar-refractivity contribution in [3.63, 3.8) is 0 Å². The number of hydrogen-bond acceptors (Lipinski definition) is 2. The fourth-order valence-corrected chi connectivity index (χ4v) is 0.342. The van der Waals surface area contributed by atoms with E-state index in [0.29, 0.717) is 0 Å². The highest BCUT2D eigenvalue weighted by molar-refractivity contribution is 8.14. The lowest BCUT2D eigenvalue weighted by atomic mass is 11.4. The third kappa shape index (κ3) is 5.61. The molecule has 1 amide bonds. The van der Waals surface area contributed by atoms with Crippen LogP contribution < -0.4 is 5.73 Å². The van der Waals surface area contributed by atoms with Crippen molar-refractivity contribution in [1.29, 1.82) is 0 Å². The van der Waals surface area contributed by atoms with Gasteiger partial charge in [-0.25, -0.2) is 0 Å². The van der Waals surface area contributed by atoms with Gasteiger partial charge in [0.1, 0.15) is 0 Å². The topological polar surface area (TPSA) is 43.1 Å². The van der Waals surface area contributed by atoms with Crippen molar-refractivity contribution in [3.8, 4) is 0 Å². The minimum Gasteiger partial charge on any atom is -0.360 e. The molecule has 0 rings (SSSR count). The van der Waals surface area contributed by atoms with Gasteiger partial charge in [0, 0.05) is 11.8 Å². The van der Waals surface area contributed by atoms with Gasteiger partial charge in [0.25, 0.3) is 5.24 Å². The van der Waals surface area contributed by atoms with E-state index in [1.165, 1.54) is 0 Å². The van der Waals surface area contributed by atoms with Crippen LogP contribution in [0.15, 0.2) is 0 Å². The molecule has 6 heteroatoms. The fourth-order valence-electron chi connectivity index (χ4n) is 0.114. The van der Waals surface area contributed by atoms with E-state index in [1.807, 2.05) is 0 Å². The molecule has 0 aliphatic heterocycles. The molecule has 2 nitrogen and oxygen atoms in total. The maximum Gasteiger partial charge on any atom is 0.450 e. The molecule has 0 fully saturated rings. The third-order valence-corrected chi connectivity index (χ3v) is 0.649. The molecule has 0 spiro atoms. The van der Waals surface area contributed by atoms with Crippen molar-refractivity contribution in [1.82, 2.24) is 0 Å². The molecule has 0 unspecified atom stereocenters. The van der Waals surface area contributed by atoms with Crippen LogP contribution in [0.1, 0.15) is 0 Å². The van der Waals surface area contributed by atoms with E-state index in [-0.39, 0.29) is 0 Å². The maximum absolute atomic E-state index is 11.0. The molecule has 0 aliphatic rings. The van der Waals surface area contributed by atoms with Gasteiger partial charge in [0.15, 0.2) is 0 Å². The summed E-state index contributed by atoms with van der Waals surface area (Å²) in [4.78, 5) is 9.48. The van der Waals surface area contributed by atoms with Crippen LogP contribution >= 0.6 is 11.8 Å². The summed E-state index contributed by atoms with van der Waals surface area (Å²) in [6, 6.07) is 0. The highest BCUT2D eigenvalue weighted by Crippen LogP contribution is 2.29. The molecule has 0 saturated heterocycles. The van der Waals surface area contributed by atoms with Crippen LogP contribution in [0.2, 0.25) is 0 Å². The number of primary amides is 1. The molecule has 0 bridgehead atoms. The van der Waals surface area contributed by atoms with Crippen LogP contribution in [0.25, 0.3) is 0 Å². The molecule has 0 aromatic carbocycles. The number of carbonyl (C=O) groups excluding carboxylic acids is 1. The summed E-state index contributed by atoms with van der Waals surface area (Å²) < 4.78 is 32.9. The Kier molecular flexibility index (Phi) is 2.14. The van der Waals surface area contributed by atoms with Crippen LogP contribution in [0.3, 0.4) is 0 Å². The standard InChI is InChI=1S/C2H2F3NOS/c3-2(4,5)8-1(6)7/h(H2,6,7). The Labute approximate surface area is 47.2 Å². The normalized spacial score (nSPS) is 11.4. The summed E-state index contributed by atoms with van der Waals surface area (Å²) >= 11 is -0.850. The molecule has 48 valence electrons. The van der Waals surface area contributed by atoms with Gasteiger partial charge in [0.2, 0.25) is 0 Å². The van der Waals surface area contributed by atoms with Gasteiger partial charge in [0.05, 0.1) is 0 Å². The number of hydrogen-bond donors (Lipinski definition) is 1. The van der Waals surface area contributed by atoms with E-state index < -0.39 is 22.5 Å². The quantitative estimate of drug-likeness (QED) is 0.558. The lowest BCUT2D eigenvalue weighted by molar-refractivity contribution is -0.0319. The molecule has 2 N–H and O–H groups in total. The first kappa shape index (κ1) is 7.61. The summed E-state index contributed by atoms with van der Waals surface area (Å²) in [5, 5.41) is -1.43. The molecule has 0 atom stereocenters. The molecule has 0 heterocycles. The molecule has 0 aromatic rings. The zero-order valence-corrected chi connectivity index (χ0v) is 4.34. The van der Waals surface area contributed by atoms with E-state index in [0.717, 1.165) is 0 Å². The second-order valence-electron chi connectivity index (χ2n) is 0.867. The van der Waals surface area contributed by atoms with Gasteiger partial charge in [-0.15, -0.1) is 0 Å². The number of halogens is 3.